The molecule has 28 heavy (non-hydrogen) atoms. The lowest BCUT2D eigenvalue weighted by Gasteiger charge is -2.05. The van der Waals surface area contributed by atoms with Gasteiger partial charge in [0.05, 0.1) is 11.9 Å². The van der Waals surface area contributed by atoms with Crippen LogP contribution in [0.5, 0.6) is 11.5 Å². The summed E-state index contributed by atoms with van der Waals surface area (Å²) in [4.78, 5) is 4.57. The third-order valence-corrected chi connectivity index (χ3v) is 4.88. The predicted octanol–water partition coefficient (Wildman–Crippen LogP) is 6.70. The van der Waals surface area contributed by atoms with Gasteiger partial charge >= 0.3 is 0 Å². The fourth-order valence-corrected chi connectivity index (χ4v) is 3.28. The first-order valence-electron chi connectivity index (χ1n) is 8.60. The molecule has 6 heteroatoms. The van der Waals surface area contributed by atoms with Crippen molar-refractivity contribution in [2.45, 2.75) is 0 Å². The van der Waals surface area contributed by atoms with E-state index in [-0.39, 0.29) is 0 Å². The highest BCUT2D eigenvalue weighted by atomic mass is 35.5. The Bertz CT molecular complexity index is 1060. The highest BCUT2D eigenvalue weighted by Crippen LogP contribution is 2.28. The van der Waals surface area contributed by atoms with Crippen LogP contribution in [0.3, 0.4) is 0 Å². The molecule has 0 aliphatic rings. The van der Waals surface area contributed by atoms with Crippen LogP contribution >= 0.6 is 22.9 Å². The molecule has 1 aromatic heterocycles. The van der Waals surface area contributed by atoms with Crippen molar-refractivity contribution < 1.29 is 4.74 Å². The Kier molecular flexibility index (Phi) is 5.66. The van der Waals surface area contributed by atoms with E-state index in [1.807, 2.05) is 84.2 Å². The van der Waals surface area contributed by atoms with Crippen LogP contribution in [0.25, 0.3) is 11.3 Å². The zero-order valence-electron chi connectivity index (χ0n) is 14.7. The van der Waals surface area contributed by atoms with Crippen molar-refractivity contribution in [2.75, 3.05) is 5.43 Å². The number of hydrogen-bond acceptors (Lipinski definition) is 5. The molecular weight excluding hydrogens is 390 g/mol. The molecule has 3 aromatic carbocycles. The molecule has 1 heterocycles. The van der Waals surface area contributed by atoms with Crippen LogP contribution in [0.2, 0.25) is 5.02 Å². The van der Waals surface area contributed by atoms with Gasteiger partial charge in [-0.1, -0.05) is 41.9 Å². The summed E-state index contributed by atoms with van der Waals surface area (Å²) >= 11 is 7.38. The number of rotatable bonds is 6. The number of hydrazone groups is 1. The van der Waals surface area contributed by atoms with Crippen molar-refractivity contribution in [1.82, 2.24) is 4.98 Å². The summed E-state index contributed by atoms with van der Waals surface area (Å²) in [5.74, 6) is 1.60. The Balaban J connectivity index is 1.39. The largest absolute Gasteiger partial charge is 0.457 e. The second-order valence-electron chi connectivity index (χ2n) is 5.90. The summed E-state index contributed by atoms with van der Waals surface area (Å²) in [5, 5.41) is 7.64. The van der Waals surface area contributed by atoms with E-state index >= 15 is 0 Å². The van der Waals surface area contributed by atoms with Gasteiger partial charge in [-0.15, -0.1) is 11.3 Å². The summed E-state index contributed by atoms with van der Waals surface area (Å²) in [5.41, 5.74) is 5.83. The minimum atomic E-state index is 0.704. The molecule has 0 amide bonds. The highest BCUT2D eigenvalue weighted by Gasteiger charge is 2.05. The first-order valence-corrected chi connectivity index (χ1v) is 9.85. The molecule has 0 saturated carbocycles. The van der Waals surface area contributed by atoms with Crippen molar-refractivity contribution in [1.29, 1.82) is 0 Å². The number of anilines is 1. The van der Waals surface area contributed by atoms with Crippen molar-refractivity contribution >= 4 is 34.3 Å². The summed E-state index contributed by atoms with van der Waals surface area (Å²) in [6.07, 6.45) is 1.73. The van der Waals surface area contributed by atoms with Gasteiger partial charge < -0.3 is 4.74 Å². The average Bonchev–Trinajstić information content (AvgIpc) is 3.20. The van der Waals surface area contributed by atoms with Crippen LogP contribution in [-0.4, -0.2) is 11.2 Å². The first kappa shape index (κ1) is 18.2. The van der Waals surface area contributed by atoms with E-state index < -0.39 is 0 Å². The number of hydrogen-bond donors (Lipinski definition) is 1. The molecule has 0 unspecified atom stereocenters. The van der Waals surface area contributed by atoms with E-state index in [0.29, 0.717) is 5.02 Å². The molecule has 138 valence electrons. The van der Waals surface area contributed by atoms with Gasteiger partial charge in [0.25, 0.3) is 0 Å². The molecule has 0 saturated heterocycles. The Morgan fingerprint density at radius 3 is 2.36 bits per heavy atom. The van der Waals surface area contributed by atoms with Gasteiger partial charge in [-0.05, 0) is 54.1 Å². The SMILES string of the molecule is Clc1ccc(/C=N\Nc2nc(-c3ccc(Oc4ccccc4)cc3)cs2)cc1. The van der Waals surface area contributed by atoms with E-state index in [0.717, 1.165) is 33.5 Å². The number of halogens is 1. The standard InChI is InChI=1S/C22H16ClN3OS/c23-18-10-6-16(7-11-18)14-24-26-22-25-21(15-28-22)17-8-12-20(13-9-17)27-19-4-2-1-3-5-19/h1-15H,(H,25,26)/b24-14-. The zero-order chi connectivity index (χ0) is 19.2. The molecular formula is C22H16ClN3OS. The van der Waals surface area contributed by atoms with Gasteiger partial charge in [0, 0.05) is 16.0 Å². The summed E-state index contributed by atoms with van der Waals surface area (Å²) < 4.78 is 5.82. The molecule has 0 aliphatic carbocycles. The van der Waals surface area contributed by atoms with Crippen LogP contribution in [0, 0.1) is 0 Å². The summed E-state index contributed by atoms with van der Waals surface area (Å²) in [7, 11) is 0. The number of thiazole rings is 1. The van der Waals surface area contributed by atoms with Crippen molar-refractivity contribution in [3.05, 3.63) is 94.8 Å². The van der Waals surface area contributed by atoms with Gasteiger partial charge in [0.2, 0.25) is 5.13 Å². The van der Waals surface area contributed by atoms with Crippen LogP contribution < -0.4 is 10.2 Å². The predicted molar refractivity (Wildman–Crippen MR) is 117 cm³/mol. The molecule has 0 spiro atoms. The molecule has 4 aromatic rings. The maximum absolute atomic E-state index is 5.88. The van der Waals surface area contributed by atoms with Gasteiger partial charge in [0.1, 0.15) is 11.5 Å². The lowest BCUT2D eigenvalue weighted by molar-refractivity contribution is 0.483. The number of nitrogens with one attached hydrogen (secondary N) is 1. The van der Waals surface area contributed by atoms with Gasteiger partial charge in [0.15, 0.2) is 0 Å². The summed E-state index contributed by atoms with van der Waals surface area (Å²) in [6.45, 7) is 0. The molecule has 1 N–H and O–H groups in total. The number of para-hydroxylation sites is 1. The molecule has 4 rings (SSSR count). The summed E-state index contributed by atoms with van der Waals surface area (Å²) in [6, 6.07) is 25.0. The minimum Gasteiger partial charge on any atom is -0.457 e. The van der Waals surface area contributed by atoms with E-state index in [1.54, 1.807) is 6.21 Å². The lowest BCUT2D eigenvalue weighted by atomic mass is 10.2. The Morgan fingerprint density at radius 1 is 0.893 bits per heavy atom. The maximum atomic E-state index is 5.88. The second kappa shape index (κ2) is 8.69. The fourth-order valence-electron chi connectivity index (χ4n) is 2.49. The Morgan fingerprint density at radius 2 is 1.61 bits per heavy atom. The van der Waals surface area contributed by atoms with Gasteiger partial charge in [-0.3, -0.25) is 5.43 Å². The lowest BCUT2D eigenvalue weighted by Crippen LogP contribution is -1.90. The number of nitrogens with zero attached hydrogens (tertiary/aromatic N) is 2. The molecule has 0 atom stereocenters. The minimum absolute atomic E-state index is 0.704. The van der Waals surface area contributed by atoms with Crippen molar-refractivity contribution in [3.8, 4) is 22.8 Å². The van der Waals surface area contributed by atoms with E-state index in [2.05, 4.69) is 15.5 Å². The van der Waals surface area contributed by atoms with Crippen LogP contribution in [0.15, 0.2) is 89.3 Å². The number of ether oxygens (including phenoxy) is 1. The van der Waals surface area contributed by atoms with Gasteiger partial charge in [-0.25, -0.2) is 4.98 Å². The Hall–Kier alpha value is -3.15. The smallest absolute Gasteiger partial charge is 0.203 e. The van der Waals surface area contributed by atoms with Crippen LogP contribution in [0.1, 0.15) is 5.56 Å². The normalized spacial score (nSPS) is 10.9. The van der Waals surface area contributed by atoms with Crippen molar-refractivity contribution in [2.24, 2.45) is 5.10 Å². The van der Waals surface area contributed by atoms with E-state index in [4.69, 9.17) is 16.3 Å². The quantitative estimate of drug-likeness (QED) is 0.286. The fraction of sp³-hybridized carbons (Fsp3) is 0. The third kappa shape index (κ3) is 4.76. The van der Waals surface area contributed by atoms with E-state index in [9.17, 15) is 0 Å². The van der Waals surface area contributed by atoms with Crippen molar-refractivity contribution in [3.63, 3.8) is 0 Å². The molecule has 0 fully saturated rings. The third-order valence-electron chi connectivity index (χ3n) is 3.88. The second-order valence-corrected chi connectivity index (χ2v) is 7.19. The number of benzene rings is 3. The molecule has 0 aliphatic heterocycles. The van der Waals surface area contributed by atoms with Gasteiger partial charge in [-0.2, -0.15) is 5.10 Å². The van der Waals surface area contributed by atoms with E-state index in [1.165, 1.54) is 11.3 Å². The topological polar surface area (TPSA) is 46.5 Å². The average molecular weight is 406 g/mol. The van der Waals surface area contributed by atoms with Crippen LogP contribution in [0.4, 0.5) is 5.13 Å². The maximum Gasteiger partial charge on any atom is 0.203 e. The first-order chi connectivity index (χ1) is 13.8. The monoisotopic (exact) mass is 405 g/mol. The molecule has 0 radical (unpaired) electrons. The zero-order valence-corrected chi connectivity index (χ0v) is 16.3. The van der Waals surface area contributed by atoms with Crippen LogP contribution in [-0.2, 0) is 0 Å². The highest BCUT2D eigenvalue weighted by molar-refractivity contribution is 7.14. The number of aromatic nitrogens is 1. The molecule has 4 nitrogen and oxygen atoms in total. The Labute approximate surface area is 172 Å². The molecule has 0 bridgehead atoms.